The van der Waals surface area contributed by atoms with Crippen LogP contribution in [0, 0.1) is 12.7 Å². The number of hydrogen-bond acceptors (Lipinski definition) is 7. The number of hydrogen-bond donors (Lipinski definition) is 1. The third-order valence-corrected chi connectivity index (χ3v) is 7.56. The molecule has 0 atom stereocenters. The molecule has 0 saturated carbocycles. The summed E-state index contributed by atoms with van der Waals surface area (Å²) < 4.78 is 33.1. The Labute approximate surface area is 275 Å². The first-order chi connectivity index (χ1) is 22.5. The predicted molar refractivity (Wildman–Crippen MR) is 181 cm³/mol. The maximum Gasteiger partial charge on any atom is 0.310 e. The summed E-state index contributed by atoms with van der Waals surface area (Å²) in [5.41, 5.74) is 6.60. The van der Waals surface area contributed by atoms with E-state index in [1.54, 1.807) is 31.4 Å². The van der Waals surface area contributed by atoms with Crippen LogP contribution >= 0.6 is 0 Å². The highest BCUT2D eigenvalue weighted by Crippen LogP contribution is 2.35. The third-order valence-electron chi connectivity index (χ3n) is 7.56. The van der Waals surface area contributed by atoms with E-state index in [4.69, 9.17) is 29.4 Å². The van der Waals surface area contributed by atoms with Crippen molar-refractivity contribution in [2.45, 2.75) is 65.4 Å². The summed E-state index contributed by atoms with van der Waals surface area (Å²) in [6, 6.07) is 22.4. The molecule has 7 rings (SSSR count). The van der Waals surface area contributed by atoms with Gasteiger partial charge in [0.05, 0.1) is 43.7 Å². The van der Waals surface area contributed by atoms with Gasteiger partial charge in [-0.3, -0.25) is 4.79 Å². The number of benzene rings is 3. The van der Waals surface area contributed by atoms with Gasteiger partial charge in [0.15, 0.2) is 5.65 Å². The highest BCUT2D eigenvalue weighted by molar-refractivity contribution is 5.80. The molecular weight excluding hydrogens is 597 g/mol. The lowest BCUT2D eigenvalue weighted by Crippen LogP contribution is -2.12. The highest BCUT2D eigenvalue weighted by atomic mass is 19.1. The summed E-state index contributed by atoms with van der Waals surface area (Å²) in [5, 5.41) is 13.5. The Bertz CT molecular complexity index is 1840. The molecule has 3 aromatic carbocycles. The Morgan fingerprint density at radius 1 is 0.915 bits per heavy atom. The molecule has 0 saturated heterocycles. The van der Waals surface area contributed by atoms with Gasteiger partial charge in [0.2, 0.25) is 0 Å². The van der Waals surface area contributed by atoms with E-state index in [-0.39, 0.29) is 18.2 Å². The quantitative estimate of drug-likeness (QED) is 0.196. The maximum absolute atomic E-state index is 14.2. The molecule has 1 N–H and O–H groups in total. The Kier molecular flexibility index (Phi) is 10.6. The van der Waals surface area contributed by atoms with Crippen LogP contribution in [0.2, 0.25) is 0 Å². The number of halogens is 1. The Hall–Kier alpha value is -4.76. The van der Waals surface area contributed by atoms with Gasteiger partial charge >= 0.3 is 5.97 Å². The average molecular weight is 640 g/mol. The van der Waals surface area contributed by atoms with Crippen LogP contribution in [0.15, 0.2) is 72.8 Å². The largest absolute Gasteiger partial charge is 0.494 e. The lowest BCUT2D eigenvalue weighted by atomic mass is 10.0. The van der Waals surface area contributed by atoms with Gasteiger partial charge in [-0.2, -0.15) is 5.10 Å². The van der Waals surface area contributed by atoms with Crippen molar-refractivity contribution in [3.05, 3.63) is 89.9 Å². The molecule has 0 fully saturated rings. The fourth-order valence-corrected chi connectivity index (χ4v) is 5.36. The van der Waals surface area contributed by atoms with Crippen LogP contribution in [-0.2, 0) is 16.0 Å². The second-order valence-electron chi connectivity index (χ2n) is 12.6. The molecule has 9 heteroatoms. The van der Waals surface area contributed by atoms with E-state index in [1.807, 2.05) is 61.5 Å². The monoisotopic (exact) mass is 639 g/mol. The van der Waals surface area contributed by atoms with Crippen LogP contribution in [0.3, 0.4) is 0 Å². The van der Waals surface area contributed by atoms with Crippen LogP contribution in [0.1, 0.15) is 57.7 Å². The lowest BCUT2D eigenvalue weighted by Gasteiger charge is -2.14. The Balaban J connectivity index is 0.000000807. The van der Waals surface area contributed by atoms with Crippen molar-refractivity contribution in [2.75, 3.05) is 20.3 Å². The van der Waals surface area contributed by atoms with Crippen molar-refractivity contribution in [3.8, 4) is 45.1 Å². The molecule has 0 radical (unpaired) electrons. The second-order valence-corrected chi connectivity index (χ2v) is 12.6. The predicted octanol–water partition coefficient (Wildman–Crippen LogP) is 8.00. The number of rotatable bonds is 2. The molecule has 2 aliphatic rings. The van der Waals surface area contributed by atoms with Gasteiger partial charge in [-0.05, 0) is 101 Å². The highest BCUT2D eigenvalue weighted by Gasteiger charge is 2.21. The van der Waals surface area contributed by atoms with E-state index in [9.17, 15) is 9.18 Å². The van der Waals surface area contributed by atoms with Gasteiger partial charge in [0.25, 0.3) is 0 Å². The third kappa shape index (κ3) is 8.74. The smallest absolute Gasteiger partial charge is 0.310 e. The van der Waals surface area contributed by atoms with E-state index in [0.717, 1.165) is 76.3 Å². The van der Waals surface area contributed by atoms with Crippen LogP contribution in [0.5, 0.6) is 11.5 Å². The molecule has 47 heavy (non-hydrogen) atoms. The minimum atomic E-state index is -0.500. The number of aromatic nitrogens is 3. The first kappa shape index (κ1) is 33.6. The molecule has 5 aromatic rings. The van der Waals surface area contributed by atoms with Crippen molar-refractivity contribution < 1.29 is 28.5 Å². The average Bonchev–Trinajstić information content (AvgIpc) is 3.45. The van der Waals surface area contributed by atoms with Gasteiger partial charge in [0.1, 0.15) is 17.3 Å². The first-order valence-corrected chi connectivity index (χ1v) is 15.9. The van der Waals surface area contributed by atoms with Gasteiger partial charge in [0, 0.05) is 40.1 Å². The van der Waals surface area contributed by atoms with Gasteiger partial charge in [-0.1, -0.05) is 18.2 Å². The standard InChI is InChI=1S/C34H32FN3O4.C4H10O/c1-22-29(20-33(39)40-2)34-23-10-13-27(14-11-23)41-16-5-3-4-6-17-42-31-19-26(35)12-15-28(31)24-8-7-9-25(18-24)30-21-32(36-22)38(34)37-30;1-4(2,3)5/h7-15,18-19,21H,3-6,16-17,20H2,1-2H3;5H,1-3H3. The molecule has 0 aliphatic carbocycles. The van der Waals surface area contributed by atoms with Crippen molar-refractivity contribution in [2.24, 2.45) is 0 Å². The minimum Gasteiger partial charge on any atom is -0.494 e. The van der Waals surface area contributed by atoms with E-state index < -0.39 is 5.60 Å². The number of esters is 1. The molecule has 2 aliphatic heterocycles. The van der Waals surface area contributed by atoms with E-state index >= 15 is 0 Å². The normalized spacial score (nSPS) is 13.4. The molecule has 0 unspecified atom stereocenters. The first-order valence-electron chi connectivity index (χ1n) is 15.9. The molecule has 6 bridgehead atoms. The summed E-state index contributed by atoms with van der Waals surface area (Å²) >= 11 is 0. The molecule has 0 spiro atoms. The topological polar surface area (TPSA) is 95.2 Å². The number of carbonyl (C=O) groups excluding carboxylic acids is 1. The summed E-state index contributed by atoms with van der Waals surface area (Å²) in [6.45, 7) is 8.24. The van der Waals surface area contributed by atoms with Crippen LogP contribution in [-0.4, -0.2) is 51.6 Å². The van der Waals surface area contributed by atoms with E-state index in [0.29, 0.717) is 24.6 Å². The second kappa shape index (κ2) is 14.8. The molecule has 8 nitrogen and oxygen atoms in total. The number of fused-ring (bicyclic) bond motifs is 9. The molecule has 4 heterocycles. The van der Waals surface area contributed by atoms with E-state index in [2.05, 4.69) is 0 Å². The molecule has 246 valence electrons. The van der Waals surface area contributed by atoms with Crippen LogP contribution in [0.4, 0.5) is 4.39 Å². The van der Waals surface area contributed by atoms with Gasteiger partial charge in [-0.15, -0.1) is 0 Å². The fraction of sp³-hybridized carbons (Fsp3) is 0.342. The van der Waals surface area contributed by atoms with Crippen molar-refractivity contribution >= 4 is 11.6 Å². The SMILES string of the molecule is CC(C)(C)O.COC(=O)Cc1c(C)nc2cc3nn2c1-c1ccc(cc1)OCCCCCCOc1cc(F)ccc1-c1cccc-3c1. The lowest BCUT2D eigenvalue weighted by molar-refractivity contribution is -0.139. The zero-order chi connectivity index (χ0) is 33.6. The Morgan fingerprint density at radius 2 is 1.60 bits per heavy atom. The van der Waals surface area contributed by atoms with Crippen molar-refractivity contribution in [1.82, 2.24) is 14.6 Å². The molecule has 0 amide bonds. The number of aryl methyl sites for hydroxylation is 1. The number of aliphatic hydroxyl groups is 1. The van der Waals surface area contributed by atoms with Gasteiger partial charge < -0.3 is 19.3 Å². The molecular formula is C38H42FN3O5. The summed E-state index contributed by atoms with van der Waals surface area (Å²) in [6.07, 6.45) is 3.85. The van der Waals surface area contributed by atoms with Crippen LogP contribution < -0.4 is 9.47 Å². The zero-order valence-electron chi connectivity index (χ0n) is 27.7. The Morgan fingerprint density at radius 3 is 2.30 bits per heavy atom. The number of methoxy groups -OCH3 is 1. The fourth-order valence-electron chi connectivity index (χ4n) is 5.36. The zero-order valence-corrected chi connectivity index (χ0v) is 27.7. The van der Waals surface area contributed by atoms with E-state index in [1.165, 1.54) is 19.2 Å². The maximum atomic E-state index is 14.2. The van der Waals surface area contributed by atoms with Crippen molar-refractivity contribution in [3.63, 3.8) is 0 Å². The number of ether oxygens (including phenoxy) is 3. The van der Waals surface area contributed by atoms with Crippen molar-refractivity contribution in [1.29, 1.82) is 0 Å². The van der Waals surface area contributed by atoms with Gasteiger partial charge in [-0.25, -0.2) is 13.9 Å². The summed E-state index contributed by atoms with van der Waals surface area (Å²) in [4.78, 5) is 17.2. The number of carbonyl (C=O) groups is 1. The minimum absolute atomic E-state index is 0.0663. The van der Waals surface area contributed by atoms with Crippen LogP contribution in [0.25, 0.3) is 39.3 Å². The summed E-state index contributed by atoms with van der Waals surface area (Å²) in [5.74, 6) is 0.609. The molecule has 2 aromatic heterocycles. The number of nitrogens with zero attached hydrogens (tertiary/aromatic N) is 3. The summed E-state index contributed by atoms with van der Waals surface area (Å²) in [7, 11) is 1.38.